The first-order valence-corrected chi connectivity index (χ1v) is 6.96. The van der Waals surface area contributed by atoms with Gasteiger partial charge in [-0.1, -0.05) is 30.3 Å². The second kappa shape index (κ2) is 4.16. The lowest BCUT2D eigenvalue weighted by atomic mass is 10.1. The lowest BCUT2D eigenvalue weighted by molar-refractivity contribution is -0.0275. The molecule has 1 fully saturated rings. The van der Waals surface area contributed by atoms with Crippen LogP contribution < -0.4 is 5.73 Å². The first kappa shape index (κ1) is 11.6. The fourth-order valence-corrected chi connectivity index (χ4v) is 3.75. The number of hydrogen-bond donors (Lipinski definition) is 1. The molecule has 0 unspecified atom stereocenters. The van der Waals surface area contributed by atoms with E-state index in [0.29, 0.717) is 6.61 Å². The number of nitrogens with two attached hydrogens (primary N) is 1. The monoisotopic (exact) mass is 241 g/mol. The Balaban J connectivity index is 1.95. The fraction of sp³-hybridized carbons (Fsp3) is 0.455. The zero-order chi connectivity index (χ0) is 11.6. The van der Waals surface area contributed by atoms with Crippen LogP contribution in [0.1, 0.15) is 5.56 Å². The Bertz CT molecular complexity index is 443. The van der Waals surface area contributed by atoms with Gasteiger partial charge >= 0.3 is 0 Å². The summed E-state index contributed by atoms with van der Waals surface area (Å²) >= 11 is 0. The van der Waals surface area contributed by atoms with Gasteiger partial charge in [-0.2, -0.15) is 0 Å². The molecule has 0 amide bonds. The topological polar surface area (TPSA) is 69.4 Å². The Labute approximate surface area is 95.3 Å². The van der Waals surface area contributed by atoms with Crippen LogP contribution in [-0.4, -0.2) is 32.1 Å². The van der Waals surface area contributed by atoms with Crippen molar-refractivity contribution in [2.24, 2.45) is 5.73 Å². The Morgan fingerprint density at radius 1 is 1.25 bits per heavy atom. The number of sulfone groups is 1. The summed E-state index contributed by atoms with van der Waals surface area (Å²) in [7, 11) is -2.91. The summed E-state index contributed by atoms with van der Waals surface area (Å²) in [6.07, 6.45) is 0. The molecule has 1 aliphatic heterocycles. The van der Waals surface area contributed by atoms with Crippen molar-refractivity contribution in [3.63, 3.8) is 0 Å². The molecule has 2 rings (SSSR count). The van der Waals surface area contributed by atoms with Gasteiger partial charge in [0.2, 0.25) is 0 Å². The highest BCUT2D eigenvalue weighted by molar-refractivity contribution is 7.93. The summed E-state index contributed by atoms with van der Waals surface area (Å²) in [4.78, 5) is 0. The largest absolute Gasteiger partial charge is 0.367 e. The van der Waals surface area contributed by atoms with Gasteiger partial charge in [0.15, 0.2) is 9.84 Å². The van der Waals surface area contributed by atoms with Gasteiger partial charge in [-0.05, 0) is 5.56 Å². The third kappa shape index (κ3) is 2.42. The van der Waals surface area contributed by atoms with E-state index >= 15 is 0 Å². The van der Waals surface area contributed by atoms with Gasteiger partial charge in [0.1, 0.15) is 5.60 Å². The Kier molecular flexibility index (Phi) is 3.01. The molecule has 1 saturated heterocycles. The van der Waals surface area contributed by atoms with Crippen LogP contribution in [0.15, 0.2) is 30.3 Å². The highest BCUT2D eigenvalue weighted by Crippen LogP contribution is 2.27. The molecule has 1 heterocycles. The smallest absolute Gasteiger partial charge is 0.156 e. The van der Waals surface area contributed by atoms with Gasteiger partial charge < -0.3 is 10.5 Å². The Morgan fingerprint density at radius 3 is 2.38 bits per heavy atom. The first-order chi connectivity index (χ1) is 7.55. The molecule has 1 aromatic carbocycles. The molecule has 16 heavy (non-hydrogen) atoms. The lowest BCUT2D eigenvalue weighted by Crippen LogP contribution is -2.60. The summed E-state index contributed by atoms with van der Waals surface area (Å²) in [5.41, 5.74) is 5.93. The molecule has 88 valence electrons. The summed E-state index contributed by atoms with van der Waals surface area (Å²) in [5, 5.41) is 0. The van der Waals surface area contributed by atoms with E-state index in [1.165, 1.54) is 0 Å². The number of rotatable bonds is 4. The maximum atomic E-state index is 11.1. The lowest BCUT2D eigenvalue weighted by Gasteiger charge is -2.39. The van der Waals surface area contributed by atoms with E-state index in [4.69, 9.17) is 10.5 Å². The first-order valence-electron chi connectivity index (χ1n) is 5.14. The predicted octanol–water partition coefficient (Wildman–Crippen LogP) is 0.329. The van der Waals surface area contributed by atoms with E-state index in [1.807, 2.05) is 30.3 Å². The molecule has 0 atom stereocenters. The molecule has 0 aliphatic carbocycles. The number of ether oxygens (including phenoxy) is 1. The predicted molar refractivity (Wildman–Crippen MR) is 61.7 cm³/mol. The highest BCUT2D eigenvalue weighted by atomic mass is 32.2. The molecule has 0 spiro atoms. The SMILES string of the molecule is NCC1(OCc2ccccc2)CS(=O)(=O)C1. The van der Waals surface area contributed by atoms with Gasteiger partial charge in [0, 0.05) is 6.54 Å². The Hall–Kier alpha value is -0.910. The summed E-state index contributed by atoms with van der Waals surface area (Å²) < 4.78 is 27.9. The molecular weight excluding hydrogens is 226 g/mol. The molecule has 2 N–H and O–H groups in total. The van der Waals surface area contributed by atoms with Crippen LogP contribution in [0, 0.1) is 0 Å². The van der Waals surface area contributed by atoms with E-state index in [-0.39, 0.29) is 18.1 Å². The summed E-state index contributed by atoms with van der Waals surface area (Å²) in [6.45, 7) is 0.659. The van der Waals surface area contributed by atoms with Crippen molar-refractivity contribution in [3.05, 3.63) is 35.9 Å². The molecule has 4 nitrogen and oxygen atoms in total. The summed E-state index contributed by atoms with van der Waals surface area (Å²) in [5.74, 6) is 0.0899. The van der Waals surface area contributed by atoms with Crippen molar-refractivity contribution in [2.75, 3.05) is 18.1 Å². The van der Waals surface area contributed by atoms with Crippen LogP contribution in [0.4, 0.5) is 0 Å². The average molecular weight is 241 g/mol. The molecular formula is C11H15NO3S. The zero-order valence-corrected chi connectivity index (χ0v) is 9.74. The molecule has 0 aromatic heterocycles. The maximum Gasteiger partial charge on any atom is 0.156 e. The van der Waals surface area contributed by atoms with Crippen molar-refractivity contribution in [2.45, 2.75) is 12.2 Å². The second-order valence-electron chi connectivity index (χ2n) is 4.19. The molecule has 5 heteroatoms. The third-order valence-electron chi connectivity index (χ3n) is 2.73. The van der Waals surface area contributed by atoms with Gasteiger partial charge in [-0.25, -0.2) is 8.42 Å². The van der Waals surface area contributed by atoms with Crippen LogP contribution in [0.3, 0.4) is 0 Å². The Morgan fingerprint density at radius 2 is 1.88 bits per heavy atom. The molecule has 0 saturated carbocycles. The fourth-order valence-electron chi connectivity index (χ4n) is 1.83. The van der Waals surface area contributed by atoms with Crippen LogP contribution in [0.5, 0.6) is 0 Å². The molecule has 1 aliphatic rings. The van der Waals surface area contributed by atoms with Gasteiger partial charge in [0.25, 0.3) is 0 Å². The molecule has 0 radical (unpaired) electrons. The number of hydrogen-bond acceptors (Lipinski definition) is 4. The highest BCUT2D eigenvalue weighted by Gasteiger charge is 2.48. The van der Waals surface area contributed by atoms with Crippen LogP contribution in [0.25, 0.3) is 0 Å². The van der Waals surface area contributed by atoms with E-state index in [2.05, 4.69) is 0 Å². The van der Waals surface area contributed by atoms with Gasteiger partial charge in [0.05, 0.1) is 18.1 Å². The minimum Gasteiger partial charge on any atom is -0.367 e. The summed E-state index contributed by atoms with van der Waals surface area (Å²) in [6, 6.07) is 9.65. The third-order valence-corrected chi connectivity index (χ3v) is 4.66. The van der Waals surface area contributed by atoms with Crippen molar-refractivity contribution < 1.29 is 13.2 Å². The molecule has 1 aromatic rings. The van der Waals surface area contributed by atoms with Crippen molar-refractivity contribution in [1.82, 2.24) is 0 Å². The number of benzene rings is 1. The van der Waals surface area contributed by atoms with Crippen LogP contribution in [-0.2, 0) is 21.2 Å². The van der Waals surface area contributed by atoms with E-state index in [9.17, 15) is 8.42 Å². The van der Waals surface area contributed by atoms with Gasteiger partial charge in [-0.3, -0.25) is 0 Å². The van der Waals surface area contributed by atoms with Gasteiger partial charge in [-0.15, -0.1) is 0 Å². The van der Waals surface area contributed by atoms with E-state index in [0.717, 1.165) is 5.56 Å². The second-order valence-corrected chi connectivity index (χ2v) is 6.26. The average Bonchev–Trinajstić information content (AvgIpc) is 2.24. The minimum atomic E-state index is -2.91. The quantitative estimate of drug-likeness (QED) is 0.824. The normalized spacial score (nSPS) is 21.3. The van der Waals surface area contributed by atoms with Crippen LogP contribution >= 0.6 is 0 Å². The zero-order valence-electron chi connectivity index (χ0n) is 8.93. The standard InChI is InChI=1S/C11H15NO3S/c12-7-11(8-16(13,14)9-11)15-6-10-4-2-1-3-5-10/h1-5H,6-9,12H2. The molecule has 0 bridgehead atoms. The van der Waals surface area contributed by atoms with Crippen molar-refractivity contribution >= 4 is 9.84 Å². The van der Waals surface area contributed by atoms with E-state index < -0.39 is 15.4 Å². The maximum absolute atomic E-state index is 11.1. The van der Waals surface area contributed by atoms with Crippen molar-refractivity contribution in [1.29, 1.82) is 0 Å². The van der Waals surface area contributed by atoms with E-state index in [1.54, 1.807) is 0 Å². The minimum absolute atomic E-state index is 0.0450. The van der Waals surface area contributed by atoms with Crippen LogP contribution in [0.2, 0.25) is 0 Å². The van der Waals surface area contributed by atoms with Crippen molar-refractivity contribution in [3.8, 4) is 0 Å².